The molecule has 0 aliphatic heterocycles. The smallest absolute Gasteiger partial charge is 0.0645 e. The molecule has 0 unspecified atom stereocenters. The van der Waals surface area contributed by atoms with Crippen molar-refractivity contribution in [2.75, 3.05) is 0 Å². The molecule has 0 radical (unpaired) electrons. The average molecular weight is 188 g/mol. The van der Waals surface area contributed by atoms with E-state index in [4.69, 9.17) is 0 Å². The standard InChI is InChI=1S/C10H10N2.C2H6/c1-9-7-8-12(11-9)10-5-3-2-4-6-10;1-2/h2-8H,1H3;1-2H3. The number of rotatable bonds is 1. The van der Waals surface area contributed by atoms with Gasteiger partial charge in [-0.2, -0.15) is 5.10 Å². The minimum absolute atomic E-state index is 1.04. The molecule has 0 atom stereocenters. The lowest BCUT2D eigenvalue weighted by Crippen LogP contribution is -1.93. The van der Waals surface area contributed by atoms with Crippen LogP contribution in [0.1, 0.15) is 19.5 Å². The van der Waals surface area contributed by atoms with Crippen molar-refractivity contribution >= 4 is 0 Å². The molecule has 0 amide bonds. The van der Waals surface area contributed by atoms with Gasteiger partial charge in [-0.1, -0.05) is 32.0 Å². The van der Waals surface area contributed by atoms with E-state index in [0.717, 1.165) is 11.4 Å². The average Bonchev–Trinajstić information content (AvgIpc) is 2.69. The highest BCUT2D eigenvalue weighted by molar-refractivity contribution is 5.30. The number of nitrogens with zero attached hydrogens (tertiary/aromatic N) is 2. The summed E-state index contributed by atoms with van der Waals surface area (Å²) in [4.78, 5) is 0. The minimum atomic E-state index is 1.04. The van der Waals surface area contributed by atoms with Crippen molar-refractivity contribution in [3.8, 4) is 5.69 Å². The Morgan fingerprint density at radius 1 is 1.00 bits per heavy atom. The van der Waals surface area contributed by atoms with Gasteiger partial charge < -0.3 is 0 Å². The molecular weight excluding hydrogens is 172 g/mol. The van der Waals surface area contributed by atoms with Crippen LogP contribution in [0.3, 0.4) is 0 Å². The lowest BCUT2D eigenvalue weighted by molar-refractivity contribution is 0.863. The van der Waals surface area contributed by atoms with Crippen molar-refractivity contribution < 1.29 is 0 Å². The topological polar surface area (TPSA) is 17.8 Å². The van der Waals surface area contributed by atoms with Crippen LogP contribution in [0, 0.1) is 6.92 Å². The van der Waals surface area contributed by atoms with Gasteiger partial charge in [0.2, 0.25) is 0 Å². The largest absolute Gasteiger partial charge is 0.241 e. The Bertz CT molecular complexity index is 363. The Kier molecular flexibility index (Phi) is 3.92. The first-order chi connectivity index (χ1) is 6.86. The second kappa shape index (κ2) is 5.22. The van der Waals surface area contributed by atoms with Crippen LogP contribution in [0.25, 0.3) is 5.69 Å². The maximum absolute atomic E-state index is 4.30. The third-order valence-electron chi connectivity index (χ3n) is 1.74. The Morgan fingerprint density at radius 2 is 1.64 bits per heavy atom. The zero-order valence-electron chi connectivity index (χ0n) is 8.94. The first-order valence-corrected chi connectivity index (χ1v) is 4.94. The highest BCUT2D eigenvalue weighted by Crippen LogP contribution is 2.05. The molecule has 14 heavy (non-hydrogen) atoms. The molecule has 0 N–H and O–H groups in total. The summed E-state index contributed by atoms with van der Waals surface area (Å²) in [6.07, 6.45) is 1.96. The summed E-state index contributed by atoms with van der Waals surface area (Å²) in [5.74, 6) is 0. The number of benzene rings is 1. The highest BCUT2D eigenvalue weighted by atomic mass is 15.3. The normalized spacial score (nSPS) is 9.07. The molecule has 0 saturated carbocycles. The van der Waals surface area contributed by atoms with E-state index < -0.39 is 0 Å². The zero-order valence-corrected chi connectivity index (χ0v) is 8.94. The fraction of sp³-hybridized carbons (Fsp3) is 0.250. The molecule has 0 fully saturated rings. The van der Waals surface area contributed by atoms with Gasteiger partial charge >= 0.3 is 0 Å². The third kappa shape index (κ3) is 2.46. The molecule has 0 spiro atoms. The van der Waals surface area contributed by atoms with Crippen LogP contribution >= 0.6 is 0 Å². The summed E-state index contributed by atoms with van der Waals surface area (Å²) in [7, 11) is 0. The van der Waals surface area contributed by atoms with Crippen molar-refractivity contribution in [2.24, 2.45) is 0 Å². The van der Waals surface area contributed by atoms with Crippen molar-refractivity contribution in [1.82, 2.24) is 9.78 Å². The first kappa shape index (κ1) is 10.5. The summed E-state index contributed by atoms with van der Waals surface area (Å²) in [5.41, 5.74) is 2.14. The number of hydrogen-bond donors (Lipinski definition) is 0. The Morgan fingerprint density at radius 3 is 2.14 bits per heavy atom. The molecule has 0 aliphatic carbocycles. The second-order valence-corrected chi connectivity index (χ2v) is 2.74. The maximum Gasteiger partial charge on any atom is 0.0645 e. The van der Waals surface area contributed by atoms with Gasteiger partial charge in [-0.15, -0.1) is 0 Å². The van der Waals surface area contributed by atoms with Gasteiger partial charge in [0.25, 0.3) is 0 Å². The summed E-state index contributed by atoms with van der Waals surface area (Å²) < 4.78 is 1.87. The van der Waals surface area contributed by atoms with E-state index in [0.29, 0.717) is 0 Å². The van der Waals surface area contributed by atoms with Crippen molar-refractivity contribution in [2.45, 2.75) is 20.8 Å². The molecule has 74 valence electrons. The van der Waals surface area contributed by atoms with Gasteiger partial charge in [0.1, 0.15) is 0 Å². The van der Waals surface area contributed by atoms with Crippen LogP contribution in [-0.4, -0.2) is 9.78 Å². The number of para-hydroxylation sites is 1. The minimum Gasteiger partial charge on any atom is -0.241 e. The molecular formula is C12H16N2. The fourth-order valence-corrected chi connectivity index (χ4v) is 1.14. The zero-order chi connectivity index (χ0) is 10.4. The van der Waals surface area contributed by atoms with Gasteiger partial charge in [0.15, 0.2) is 0 Å². The van der Waals surface area contributed by atoms with Gasteiger partial charge in [-0.05, 0) is 25.1 Å². The number of hydrogen-bond acceptors (Lipinski definition) is 1. The Balaban J connectivity index is 0.000000461. The third-order valence-corrected chi connectivity index (χ3v) is 1.74. The van der Waals surface area contributed by atoms with E-state index >= 15 is 0 Å². The van der Waals surface area contributed by atoms with E-state index in [1.165, 1.54) is 0 Å². The molecule has 2 heteroatoms. The predicted molar refractivity (Wildman–Crippen MR) is 59.6 cm³/mol. The molecule has 2 rings (SSSR count). The molecule has 1 heterocycles. The first-order valence-electron chi connectivity index (χ1n) is 4.94. The van der Waals surface area contributed by atoms with Gasteiger partial charge in [0, 0.05) is 6.20 Å². The van der Waals surface area contributed by atoms with E-state index in [9.17, 15) is 0 Å². The molecule has 0 bridgehead atoms. The van der Waals surface area contributed by atoms with Gasteiger partial charge in [-0.25, -0.2) is 4.68 Å². The lowest BCUT2D eigenvalue weighted by Gasteiger charge is -1.98. The van der Waals surface area contributed by atoms with E-state index in [1.807, 2.05) is 68.0 Å². The predicted octanol–water partition coefficient (Wildman–Crippen LogP) is 3.21. The highest BCUT2D eigenvalue weighted by Gasteiger charge is 1.94. The maximum atomic E-state index is 4.30. The summed E-state index contributed by atoms with van der Waals surface area (Å²) in [6.45, 7) is 5.99. The van der Waals surface area contributed by atoms with E-state index in [1.54, 1.807) is 0 Å². The van der Waals surface area contributed by atoms with Crippen molar-refractivity contribution in [3.05, 3.63) is 48.3 Å². The molecule has 2 nitrogen and oxygen atoms in total. The van der Waals surface area contributed by atoms with Crippen LogP contribution in [-0.2, 0) is 0 Å². The van der Waals surface area contributed by atoms with Crippen LogP contribution in [0.2, 0.25) is 0 Å². The molecule has 2 aromatic rings. The number of aromatic nitrogens is 2. The molecule has 1 aromatic carbocycles. The monoisotopic (exact) mass is 188 g/mol. The van der Waals surface area contributed by atoms with Crippen molar-refractivity contribution in [1.29, 1.82) is 0 Å². The van der Waals surface area contributed by atoms with Crippen LogP contribution in [0.15, 0.2) is 42.6 Å². The Labute approximate surface area is 85.2 Å². The molecule has 1 aromatic heterocycles. The van der Waals surface area contributed by atoms with Crippen molar-refractivity contribution in [3.63, 3.8) is 0 Å². The lowest BCUT2D eigenvalue weighted by atomic mass is 10.3. The number of aryl methyl sites for hydroxylation is 1. The summed E-state index contributed by atoms with van der Waals surface area (Å²) in [6, 6.07) is 12.1. The van der Waals surface area contributed by atoms with Gasteiger partial charge in [-0.3, -0.25) is 0 Å². The summed E-state index contributed by atoms with van der Waals surface area (Å²) in [5, 5.41) is 4.30. The van der Waals surface area contributed by atoms with Crippen LogP contribution in [0.5, 0.6) is 0 Å². The quantitative estimate of drug-likeness (QED) is 0.672. The SMILES string of the molecule is CC.Cc1ccn(-c2ccccc2)n1. The molecule has 0 saturated heterocycles. The van der Waals surface area contributed by atoms with Crippen LogP contribution < -0.4 is 0 Å². The second-order valence-electron chi connectivity index (χ2n) is 2.74. The fourth-order valence-electron chi connectivity index (χ4n) is 1.14. The van der Waals surface area contributed by atoms with Gasteiger partial charge in [0.05, 0.1) is 11.4 Å². The van der Waals surface area contributed by atoms with Crippen LogP contribution in [0.4, 0.5) is 0 Å². The van der Waals surface area contributed by atoms with E-state index in [2.05, 4.69) is 5.10 Å². The molecule has 0 aliphatic rings. The Hall–Kier alpha value is -1.57. The van der Waals surface area contributed by atoms with E-state index in [-0.39, 0.29) is 0 Å². The summed E-state index contributed by atoms with van der Waals surface area (Å²) >= 11 is 0.